The third-order valence-corrected chi connectivity index (χ3v) is 9.19. The summed E-state index contributed by atoms with van der Waals surface area (Å²) in [4.78, 5) is 22.2. The number of carbonyl (C=O) groups excluding carboxylic acids is 1. The van der Waals surface area contributed by atoms with Crippen LogP contribution in [0.25, 0.3) is 0 Å². The van der Waals surface area contributed by atoms with E-state index in [0.717, 1.165) is 35.6 Å². The van der Waals surface area contributed by atoms with E-state index in [1.165, 1.54) is 13.1 Å². The van der Waals surface area contributed by atoms with Crippen LogP contribution in [0.4, 0.5) is 11.6 Å². The number of aromatic nitrogens is 2. The predicted octanol–water partition coefficient (Wildman–Crippen LogP) is 2.18. The Morgan fingerprint density at radius 3 is 2.65 bits per heavy atom. The van der Waals surface area contributed by atoms with Gasteiger partial charge in [0.15, 0.2) is 0 Å². The first kappa shape index (κ1) is 29.8. The molecule has 0 aromatic carbocycles. The number of aliphatic hydroxyl groups excluding tert-OH is 1. The van der Waals surface area contributed by atoms with Gasteiger partial charge in [-0.15, -0.1) is 0 Å². The maximum Gasteiger partial charge on any atom is 0.251 e. The molecule has 4 N–H and O–H groups in total. The standard InChI is InChI=1S/C29H40N6O4S/c1-20(2)40(38,39)35(3)28-16-24(15-27(34-28)32-18-22-10-11-22)29(37)33-25(14-23-7-5-12-30-17-23)26(36)19-31-13-4-6-21-8-9-21/h5,7,12,15-17,20-22,25-26,31,36H,8-11,13-14,18-19H2,1-3H3,(H,32,34)(H,33,37)/t25-,26+/m0/s1. The van der Waals surface area contributed by atoms with E-state index < -0.39 is 33.3 Å². The zero-order chi connectivity index (χ0) is 28.7. The third-order valence-electron chi connectivity index (χ3n) is 7.05. The summed E-state index contributed by atoms with van der Waals surface area (Å²) in [6, 6.07) is 6.17. The molecular weight excluding hydrogens is 528 g/mol. The van der Waals surface area contributed by atoms with E-state index in [-0.39, 0.29) is 17.9 Å². The number of nitrogens with zero attached hydrogens (tertiary/aromatic N) is 3. The number of nitrogens with one attached hydrogen (secondary N) is 3. The molecule has 0 saturated heterocycles. The Balaban J connectivity index is 1.53. The molecule has 0 aliphatic heterocycles. The molecule has 0 spiro atoms. The van der Waals surface area contributed by atoms with Crippen LogP contribution in [-0.2, 0) is 16.4 Å². The fourth-order valence-corrected chi connectivity index (χ4v) is 5.06. The molecule has 0 bridgehead atoms. The molecule has 4 rings (SSSR count). The van der Waals surface area contributed by atoms with Gasteiger partial charge in [0.1, 0.15) is 11.6 Å². The van der Waals surface area contributed by atoms with Crippen molar-refractivity contribution in [1.29, 1.82) is 0 Å². The number of sulfonamides is 1. The molecule has 2 atom stereocenters. The van der Waals surface area contributed by atoms with Gasteiger partial charge >= 0.3 is 0 Å². The fourth-order valence-electron chi connectivity index (χ4n) is 4.07. The molecule has 2 saturated carbocycles. The first-order chi connectivity index (χ1) is 19.1. The highest BCUT2D eigenvalue weighted by Crippen LogP contribution is 2.29. The number of pyridine rings is 2. The van der Waals surface area contributed by atoms with Gasteiger partial charge in [-0.1, -0.05) is 17.9 Å². The third kappa shape index (κ3) is 8.65. The van der Waals surface area contributed by atoms with Crippen molar-refractivity contribution >= 4 is 27.6 Å². The van der Waals surface area contributed by atoms with E-state index in [2.05, 4.69) is 37.8 Å². The first-order valence-electron chi connectivity index (χ1n) is 13.9. The van der Waals surface area contributed by atoms with Crippen molar-refractivity contribution in [3.05, 3.63) is 47.8 Å². The molecule has 10 nitrogen and oxygen atoms in total. The topological polar surface area (TPSA) is 137 Å². The Bertz CT molecular complexity index is 1320. The van der Waals surface area contributed by atoms with E-state index in [1.807, 2.05) is 12.1 Å². The van der Waals surface area contributed by atoms with Gasteiger partial charge in [-0.2, -0.15) is 0 Å². The second-order valence-corrected chi connectivity index (χ2v) is 13.4. The van der Waals surface area contributed by atoms with Gasteiger partial charge in [0.05, 0.1) is 23.9 Å². The Kier molecular flexibility index (Phi) is 10.0. The lowest BCUT2D eigenvalue weighted by Gasteiger charge is -2.25. The molecule has 0 radical (unpaired) electrons. The maximum atomic E-state index is 13.6. The minimum atomic E-state index is -3.66. The molecule has 2 heterocycles. The number of hydrogen-bond donors (Lipinski definition) is 4. The molecular formula is C29H40N6O4S. The second kappa shape index (κ2) is 13.4. The molecule has 2 aliphatic rings. The van der Waals surface area contributed by atoms with Gasteiger partial charge in [-0.25, -0.2) is 13.4 Å². The lowest BCUT2D eigenvalue weighted by Crippen LogP contribution is -2.48. The van der Waals surface area contributed by atoms with Gasteiger partial charge in [0, 0.05) is 44.0 Å². The minimum Gasteiger partial charge on any atom is -0.390 e. The van der Waals surface area contributed by atoms with E-state index in [9.17, 15) is 18.3 Å². The van der Waals surface area contributed by atoms with E-state index in [1.54, 1.807) is 32.3 Å². The molecule has 2 aliphatic carbocycles. The molecule has 2 fully saturated rings. The van der Waals surface area contributed by atoms with E-state index in [4.69, 9.17) is 0 Å². The number of carbonyl (C=O) groups is 1. The monoisotopic (exact) mass is 568 g/mol. The zero-order valence-electron chi connectivity index (χ0n) is 23.4. The number of anilines is 2. The molecule has 1 amide bonds. The van der Waals surface area contributed by atoms with Crippen molar-refractivity contribution < 1.29 is 18.3 Å². The van der Waals surface area contributed by atoms with Crippen LogP contribution in [0.1, 0.15) is 55.5 Å². The number of rotatable bonds is 14. The predicted molar refractivity (Wildman–Crippen MR) is 156 cm³/mol. The molecule has 0 unspecified atom stereocenters. The normalized spacial score (nSPS) is 16.5. The van der Waals surface area contributed by atoms with Gasteiger partial charge in [-0.3, -0.25) is 14.1 Å². The minimum absolute atomic E-state index is 0.153. The van der Waals surface area contributed by atoms with Crippen LogP contribution in [-0.4, -0.2) is 73.5 Å². The fraction of sp³-hybridized carbons (Fsp3) is 0.552. The van der Waals surface area contributed by atoms with Crippen LogP contribution < -0.4 is 20.3 Å². The summed E-state index contributed by atoms with van der Waals surface area (Å²) in [5, 5.41) is 19.8. The average Bonchev–Trinajstić information content (AvgIpc) is 3.87. The summed E-state index contributed by atoms with van der Waals surface area (Å²) in [5.41, 5.74) is 1.12. The number of amides is 1. The van der Waals surface area contributed by atoms with Crippen LogP contribution in [0.2, 0.25) is 0 Å². The van der Waals surface area contributed by atoms with Crippen molar-refractivity contribution in [1.82, 2.24) is 20.6 Å². The van der Waals surface area contributed by atoms with Crippen LogP contribution in [0.15, 0.2) is 36.7 Å². The highest BCUT2D eigenvalue weighted by Gasteiger charge is 2.27. The van der Waals surface area contributed by atoms with Crippen LogP contribution in [0.3, 0.4) is 0 Å². The highest BCUT2D eigenvalue weighted by molar-refractivity contribution is 7.93. The summed E-state index contributed by atoms with van der Waals surface area (Å²) >= 11 is 0. The van der Waals surface area contributed by atoms with Gasteiger partial charge in [0.25, 0.3) is 5.91 Å². The lowest BCUT2D eigenvalue weighted by atomic mass is 10.0. The summed E-state index contributed by atoms with van der Waals surface area (Å²) in [5.74, 6) is 7.48. The smallest absolute Gasteiger partial charge is 0.251 e. The Morgan fingerprint density at radius 2 is 2.00 bits per heavy atom. The van der Waals surface area contributed by atoms with E-state index in [0.29, 0.717) is 37.2 Å². The Labute approximate surface area is 237 Å². The summed E-state index contributed by atoms with van der Waals surface area (Å²) in [7, 11) is -2.22. The second-order valence-electron chi connectivity index (χ2n) is 10.9. The van der Waals surface area contributed by atoms with Gasteiger partial charge in [0.2, 0.25) is 10.0 Å². The van der Waals surface area contributed by atoms with Crippen LogP contribution >= 0.6 is 0 Å². The summed E-state index contributed by atoms with van der Waals surface area (Å²) in [6.45, 7) is 4.61. The number of aliphatic hydroxyl groups is 1. The van der Waals surface area contributed by atoms with Crippen LogP contribution in [0.5, 0.6) is 0 Å². The summed E-state index contributed by atoms with van der Waals surface area (Å²) in [6.07, 6.45) is 7.42. The van der Waals surface area contributed by atoms with E-state index >= 15 is 0 Å². The van der Waals surface area contributed by atoms with Crippen molar-refractivity contribution in [2.24, 2.45) is 11.8 Å². The molecule has 2 aromatic rings. The average molecular weight is 569 g/mol. The molecule has 11 heteroatoms. The van der Waals surface area contributed by atoms with Crippen molar-refractivity contribution in [2.45, 2.75) is 63.3 Å². The molecule has 40 heavy (non-hydrogen) atoms. The van der Waals surface area contributed by atoms with Crippen LogP contribution in [0, 0.1) is 23.7 Å². The quantitative estimate of drug-likeness (QED) is 0.201. The van der Waals surface area contributed by atoms with Gasteiger partial charge < -0.3 is 21.1 Å². The largest absolute Gasteiger partial charge is 0.390 e. The Morgan fingerprint density at radius 1 is 1.23 bits per heavy atom. The van der Waals surface area contributed by atoms with Crippen molar-refractivity contribution in [2.75, 3.05) is 36.3 Å². The molecule has 216 valence electrons. The van der Waals surface area contributed by atoms with Gasteiger partial charge in [-0.05, 0) is 75.6 Å². The lowest BCUT2D eigenvalue weighted by molar-refractivity contribution is 0.0832. The van der Waals surface area contributed by atoms with Crippen molar-refractivity contribution in [3.8, 4) is 11.8 Å². The number of hydrogen-bond acceptors (Lipinski definition) is 8. The molecule has 2 aromatic heterocycles. The Hall–Kier alpha value is -3.20. The SMILES string of the molecule is CC(C)S(=O)(=O)N(C)c1cc(C(=O)N[C@@H](Cc2cccnc2)[C@H](O)CNCC#CC2CC2)cc(NCC2CC2)n1. The highest BCUT2D eigenvalue weighted by atomic mass is 32.2. The van der Waals surface area contributed by atoms with Crippen molar-refractivity contribution in [3.63, 3.8) is 0 Å². The maximum absolute atomic E-state index is 13.6. The summed E-state index contributed by atoms with van der Waals surface area (Å²) < 4.78 is 26.8. The first-order valence-corrected chi connectivity index (χ1v) is 15.4. The zero-order valence-corrected chi connectivity index (χ0v) is 24.2.